The normalized spacial score (nSPS) is 28.4. The van der Waals surface area contributed by atoms with E-state index >= 15 is 0 Å². The Morgan fingerprint density at radius 1 is 1.44 bits per heavy atom. The van der Waals surface area contributed by atoms with Crippen LogP contribution >= 0.6 is 0 Å². The van der Waals surface area contributed by atoms with Gasteiger partial charge in [-0.05, 0) is 39.0 Å². The van der Waals surface area contributed by atoms with Gasteiger partial charge in [-0.3, -0.25) is 9.59 Å². The van der Waals surface area contributed by atoms with Crippen molar-refractivity contribution in [1.82, 2.24) is 10.2 Å². The third-order valence-electron chi connectivity index (χ3n) is 3.78. The van der Waals surface area contributed by atoms with Crippen LogP contribution in [0.1, 0.15) is 33.1 Å². The summed E-state index contributed by atoms with van der Waals surface area (Å²) >= 11 is 0. The van der Waals surface area contributed by atoms with Gasteiger partial charge < -0.3 is 15.0 Å². The summed E-state index contributed by atoms with van der Waals surface area (Å²) in [7, 11) is 0. The predicted molar refractivity (Wildman–Crippen MR) is 67.0 cm³/mol. The lowest BCUT2D eigenvalue weighted by Crippen LogP contribution is -2.66. The van der Waals surface area contributed by atoms with Crippen LogP contribution in [0.25, 0.3) is 0 Å². The number of ether oxygens (including phenoxy) is 1. The number of piperazine rings is 1. The smallest absolute Gasteiger partial charge is 0.248 e. The Balaban J connectivity index is 1.93. The lowest BCUT2D eigenvalue weighted by molar-refractivity contribution is -0.150. The van der Waals surface area contributed by atoms with Crippen molar-refractivity contribution in [2.24, 2.45) is 5.92 Å². The van der Waals surface area contributed by atoms with Gasteiger partial charge in [-0.1, -0.05) is 0 Å². The number of hydrogen-bond acceptors (Lipinski definition) is 3. The van der Waals surface area contributed by atoms with Crippen LogP contribution in [-0.2, 0) is 14.3 Å². The molecule has 5 heteroatoms. The lowest BCUT2D eigenvalue weighted by atomic mass is 9.91. The maximum atomic E-state index is 12.4. The number of carbonyl (C=O) groups excluding carboxylic acids is 2. The molecule has 1 aliphatic heterocycles. The van der Waals surface area contributed by atoms with E-state index in [9.17, 15) is 9.59 Å². The molecule has 1 heterocycles. The van der Waals surface area contributed by atoms with Gasteiger partial charge in [-0.2, -0.15) is 0 Å². The third-order valence-corrected chi connectivity index (χ3v) is 3.78. The van der Waals surface area contributed by atoms with Crippen LogP contribution in [0.3, 0.4) is 0 Å². The average molecular weight is 254 g/mol. The van der Waals surface area contributed by atoms with Crippen LogP contribution < -0.4 is 5.32 Å². The molecule has 0 aromatic rings. The molecular weight excluding hydrogens is 232 g/mol. The molecule has 1 N–H and O–H groups in total. The number of nitrogens with one attached hydrogen (secondary N) is 1. The highest BCUT2D eigenvalue weighted by Crippen LogP contribution is 2.41. The van der Waals surface area contributed by atoms with E-state index in [0.717, 1.165) is 19.3 Å². The fourth-order valence-electron chi connectivity index (χ4n) is 2.58. The summed E-state index contributed by atoms with van der Waals surface area (Å²) in [5.74, 6) is 0.352. The molecule has 1 saturated carbocycles. The Kier molecular flexibility index (Phi) is 3.90. The van der Waals surface area contributed by atoms with Gasteiger partial charge in [0.2, 0.25) is 11.8 Å². The monoisotopic (exact) mass is 254 g/mol. The highest BCUT2D eigenvalue weighted by molar-refractivity contribution is 5.98. The van der Waals surface area contributed by atoms with E-state index in [0.29, 0.717) is 25.7 Å². The van der Waals surface area contributed by atoms with Gasteiger partial charge >= 0.3 is 0 Å². The molecule has 0 aromatic carbocycles. The quantitative estimate of drug-likeness (QED) is 0.704. The third kappa shape index (κ3) is 2.66. The second kappa shape index (κ2) is 5.26. The van der Waals surface area contributed by atoms with Gasteiger partial charge in [0, 0.05) is 19.8 Å². The van der Waals surface area contributed by atoms with E-state index < -0.39 is 5.54 Å². The van der Waals surface area contributed by atoms with Crippen molar-refractivity contribution in [1.29, 1.82) is 0 Å². The first kappa shape index (κ1) is 13.3. The topological polar surface area (TPSA) is 58.6 Å². The van der Waals surface area contributed by atoms with Gasteiger partial charge in [0.25, 0.3) is 0 Å². The van der Waals surface area contributed by atoms with Gasteiger partial charge in [0.1, 0.15) is 5.54 Å². The van der Waals surface area contributed by atoms with Crippen LogP contribution in [0.2, 0.25) is 0 Å². The molecule has 18 heavy (non-hydrogen) atoms. The van der Waals surface area contributed by atoms with E-state index in [2.05, 4.69) is 5.32 Å². The molecule has 102 valence electrons. The fraction of sp³-hybridized carbons (Fsp3) is 0.846. The van der Waals surface area contributed by atoms with Crippen molar-refractivity contribution >= 4 is 11.8 Å². The van der Waals surface area contributed by atoms with Gasteiger partial charge in [0.15, 0.2) is 0 Å². The summed E-state index contributed by atoms with van der Waals surface area (Å²) in [6.45, 7) is 5.93. The minimum Gasteiger partial charge on any atom is -0.382 e. The van der Waals surface area contributed by atoms with Crippen LogP contribution in [0.4, 0.5) is 0 Å². The molecular formula is C13H22N2O3. The minimum atomic E-state index is -0.666. The largest absolute Gasteiger partial charge is 0.382 e. The predicted octanol–water partition coefficient (Wildman–Crippen LogP) is 0.540. The molecule has 2 rings (SSSR count). The molecule has 0 spiro atoms. The number of rotatable bonds is 6. The first-order valence-corrected chi connectivity index (χ1v) is 6.76. The zero-order valence-corrected chi connectivity index (χ0v) is 11.2. The molecule has 0 aromatic heterocycles. The minimum absolute atomic E-state index is 0.0413. The van der Waals surface area contributed by atoms with E-state index in [1.807, 2.05) is 13.8 Å². The Morgan fingerprint density at radius 3 is 2.78 bits per heavy atom. The molecule has 0 radical (unpaired) electrons. The standard InChI is InChI=1S/C13H22N2O3/c1-3-18-8-4-7-15-9-11(16)14-13(2,12(15)17)10-5-6-10/h10H,3-9H2,1-2H3,(H,14,16). The summed E-state index contributed by atoms with van der Waals surface area (Å²) in [6.07, 6.45) is 2.86. The first-order chi connectivity index (χ1) is 8.58. The van der Waals surface area contributed by atoms with E-state index in [4.69, 9.17) is 4.74 Å². The highest BCUT2D eigenvalue weighted by atomic mass is 16.5. The Labute approximate surface area is 108 Å². The summed E-state index contributed by atoms with van der Waals surface area (Å²) in [6, 6.07) is 0. The first-order valence-electron chi connectivity index (χ1n) is 6.76. The average Bonchev–Trinajstić information content (AvgIpc) is 3.14. The van der Waals surface area contributed by atoms with Crippen molar-refractivity contribution in [3.63, 3.8) is 0 Å². The zero-order valence-electron chi connectivity index (χ0n) is 11.2. The molecule has 1 aliphatic carbocycles. The Morgan fingerprint density at radius 2 is 2.17 bits per heavy atom. The van der Waals surface area contributed by atoms with E-state index in [1.54, 1.807) is 4.90 Å². The second-order valence-corrected chi connectivity index (χ2v) is 5.30. The lowest BCUT2D eigenvalue weighted by Gasteiger charge is -2.40. The number of nitrogens with zero attached hydrogens (tertiary/aromatic N) is 1. The molecule has 1 unspecified atom stereocenters. The molecule has 1 saturated heterocycles. The van der Waals surface area contributed by atoms with Crippen LogP contribution in [-0.4, -0.2) is 48.6 Å². The fourth-order valence-corrected chi connectivity index (χ4v) is 2.58. The Hall–Kier alpha value is -1.10. The molecule has 0 bridgehead atoms. The maximum absolute atomic E-state index is 12.4. The zero-order chi connectivity index (χ0) is 13.2. The van der Waals surface area contributed by atoms with Crippen LogP contribution in [0.15, 0.2) is 0 Å². The van der Waals surface area contributed by atoms with E-state index in [1.165, 1.54) is 0 Å². The SMILES string of the molecule is CCOCCCN1CC(=O)NC(C)(C2CC2)C1=O. The van der Waals surface area contributed by atoms with Crippen molar-refractivity contribution < 1.29 is 14.3 Å². The maximum Gasteiger partial charge on any atom is 0.248 e. The van der Waals surface area contributed by atoms with Gasteiger partial charge in [-0.15, -0.1) is 0 Å². The van der Waals surface area contributed by atoms with Crippen LogP contribution in [0.5, 0.6) is 0 Å². The van der Waals surface area contributed by atoms with Crippen molar-refractivity contribution in [2.75, 3.05) is 26.3 Å². The molecule has 5 nitrogen and oxygen atoms in total. The Bertz CT molecular complexity index is 341. The molecule has 1 atom stereocenters. The summed E-state index contributed by atoms with van der Waals surface area (Å²) in [5, 5.41) is 2.87. The number of amides is 2. The highest BCUT2D eigenvalue weighted by Gasteiger charge is 2.52. The van der Waals surface area contributed by atoms with Crippen molar-refractivity contribution in [2.45, 2.75) is 38.6 Å². The van der Waals surface area contributed by atoms with Crippen molar-refractivity contribution in [3.8, 4) is 0 Å². The van der Waals surface area contributed by atoms with Crippen LogP contribution in [0, 0.1) is 5.92 Å². The molecule has 2 amide bonds. The van der Waals surface area contributed by atoms with Crippen molar-refractivity contribution in [3.05, 3.63) is 0 Å². The number of carbonyl (C=O) groups is 2. The summed E-state index contributed by atoms with van der Waals surface area (Å²) in [5.41, 5.74) is -0.666. The van der Waals surface area contributed by atoms with Gasteiger partial charge in [-0.25, -0.2) is 0 Å². The summed E-state index contributed by atoms with van der Waals surface area (Å²) < 4.78 is 5.26. The molecule has 2 fully saturated rings. The second-order valence-electron chi connectivity index (χ2n) is 5.30. The number of hydrogen-bond donors (Lipinski definition) is 1. The van der Waals surface area contributed by atoms with E-state index in [-0.39, 0.29) is 18.4 Å². The van der Waals surface area contributed by atoms with Gasteiger partial charge in [0.05, 0.1) is 6.54 Å². The molecule has 2 aliphatic rings. The summed E-state index contributed by atoms with van der Waals surface area (Å²) in [4.78, 5) is 25.8.